The van der Waals surface area contributed by atoms with Crippen LogP contribution >= 0.6 is 0 Å². The molecule has 0 aliphatic carbocycles. The second-order valence-corrected chi connectivity index (χ2v) is 6.90. The predicted molar refractivity (Wildman–Crippen MR) is 82.4 cm³/mol. The number of nitrogens with zero attached hydrogens (tertiary/aromatic N) is 2. The molecule has 19 heavy (non-hydrogen) atoms. The summed E-state index contributed by atoms with van der Waals surface area (Å²) in [6, 6.07) is 3.13. The molecule has 1 aromatic rings. The van der Waals surface area contributed by atoms with Gasteiger partial charge in [0.25, 0.3) is 0 Å². The molecule has 0 amide bonds. The van der Waals surface area contributed by atoms with Gasteiger partial charge in [-0.25, -0.2) is 0 Å². The van der Waals surface area contributed by atoms with Crippen LogP contribution in [0.4, 0.5) is 0 Å². The summed E-state index contributed by atoms with van der Waals surface area (Å²) in [5, 5.41) is 8.28. The van der Waals surface area contributed by atoms with Gasteiger partial charge in [0.1, 0.15) is 0 Å². The molecule has 1 N–H and O–H groups in total. The molecule has 0 spiro atoms. The highest BCUT2D eigenvalue weighted by Gasteiger charge is 2.29. The quantitative estimate of drug-likeness (QED) is 0.815. The third-order valence-electron chi connectivity index (χ3n) is 4.09. The fourth-order valence-corrected chi connectivity index (χ4v) is 2.08. The summed E-state index contributed by atoms with van der Waals surface area (Å²) in [5.74, 6) is 0.628. The van der Waals surface area contributed by atoms with E-state index in [0.29, 0.717) is 18.0 Å². The van der Waals surface area contributed by atoms with Crippen molar-refractivity contribution in [3.05, 3.63) is 18.0 Å². The van der Waals surface area contributed by atoms with Gasteiger partial charge >= 0.3 is 0 Å². The van der Waals surface area contributed by atoms with Gasteiger partial charge < -0.3 is 5.32 Å². The van der Waals surface area contributed by atoms with Gasteiger partial charge in [0.15, 0.2) is 0 Å². The van der Waals surface area contributed by atoms with Crippen LogP contribution in [0, 0.1) is 11.3 Å². The molecule has 0 saturated carbocycles. The highest BCUT2D eigenvalue weighted by Crippen LogP contribution is 2.30. The van der Waals surface area contributed by atoms with Crippen LogP contribution in [0.1, 0.15) is 60.2 Å². The van der Waals surface area contributed by atoms with E-state index in [9.17, 15) is 0 Å². The molecule has 0 aliphatic rings. The van der Waals surface area contributed by atoms with Crippen molar-refractivity contribution in [1.82, 2.24) is 15.1 Å². The first-order valence-corrected chi connectivity index (χ1v) is 7.52. The van der Waals surface area contributed by atoms with E-state index in [-0.39, 0.29) is 5.41 Å². The highest BCUT2D eigenvalue weighted by atomic mass is 15.3. The van der Waals surface area contributed by atoms with E-state index in [0.717, 1.165) is 13.0 Å². The maximum absolute atomic E-state index is 4.69. The molecule has 3 nitrogen and oxygen atoms in total. The van der Waals surface area contributed by atoms with Crippen LogP contribution in [-0.2, 0) is 6.42 Å². The van der Waals surface area contributed by atoms with Crippen LogP contribution in [0.25, 0.3) is 0 Å². The third kappa shape index (κ3) is 4.64. The SMILES string of the molecule is CC(C)NCC(C)(Cc1ccn(C(C)C)n1)C(C)C. The van der Waals surface area contributed by atoms with E-state index in [2.05, 4.69) is 66.0 Å². The van der Waals surface area contributed by atoms with Gasteiger partial charge in [0, 0.05) is 24.8 Å². The summed E-state index contributed by atoms with van der Waals surface area (Å²) in [4.78, 5) is 0. The Morgan fingerprint density at radius 1 is 1.21 bits per heavy atom. The summed E-state index contributed by atoms with van der Waals surface area (Å²) in [5.41, 5.74) is 1.45. The van der Waals surface area contributed by atoms with Crippen molar-refractivity contribution in [2.75, 3.05) is 6.54 Å². The molecule has 0 aromatic carbocycles. The van der Waals surface area contributed by atoms with Crippen LogP contribution in [0.15, 0.2) is 12.3 Å². The second kappa shape index (κ2) is 6.56. The fraction of sp³-hybridized carbons (Fsp3) is 0.812. The number of hydrogen-bond donors (Lipinski definition) is 1. The highest BCUT2D eigenvalue weighted by molar-refractivity contribution is 5.04. The fourth-order valence-electron chi connectivity index (χ4n) is 2.08. The molecule has 0 aliphatic heterocycles. The molecule has 1 atom stereocenters. The van der Waals surface area contributed by atoms with Gasteiger partial charge in [-0.2, -0.15) is 5.10 Å². The summed E-state index contributed by atoms with van der Waals surface area (Å²) in [6.07, 6.45) is 3.13. The van der Waals surface area contributed by atoms with Gasteiger partial charge in [0.2, 0.25) is 0 Å². The van der Waals surface area contributed by atoms with Crippen molar-refractivity contribution < 1.29 is 0 Å². The summed E-state index contributed by atoms with van der Waals surface area (Å²) in [6.45, 7) is 16.8. The molecule has 0 radical (unpaired) electrons. The first-order valence-electron chi connectivity index (χ1n) is 7.52. The Labute approximate surface area is 118 Å². The third-order valence-corrected chi connectivity index (χ3v) is 4.09. The molecule has 0 bridgehead atoms. The Bertz CT molecular complexity index is 379. The first-order chi connectivity index (χ1) is 8.74. The number of hydrogen-bond acceptors (Lipinski definition) is 2. The molecule has 1 unspecified atom stereocenters. The molecule has 1 rings (SSSR count). The largest absolute Gasteiger partial charge is 0.314 e. The van der Waals surface area contributed by atoms with Gasteiger partial charge in [-0.1, -0.05) is 34.6 Å². The smallest absolute Gasteiger partial charge is 0.0630 e. The van der Waals surface area contributed by atoms with E-state index >= 15 is 0 Å². The number of rotatable bonds is 7. The monoisotopic (exact) mass is 265 g/mol. The average Bonchev–Trinajstić information content (AvgIpc) is 2.74. The zero-order valence-corrected chi connectivity index (χ0v) is 13.7. The summed E-state index contributed by atoms with van der Waals surface area (Å²) in [7, 11) is 0. The van der Waals surface area contributed by atoms with Crippen molar-refractivity contribution in [2.24, 2.45) is 11.3 Å². The Balaban J connectivity index is 2.76. The Hall–Kier alpha value is -0.830. The summed E-state index contributed by atoms with van der Waals surface area (Å²) < 4.78 is 2.05. The van der Waals surface area contributed by atoms with Gasteiger partial charge in [-0.05, 0) is 37.7 Å². The van der Waals surface area contributed by atoms with E-state index in [1.54, 1.807) is 0 Å². The lowest BCUT2D eigenvalue weighted by atomic mass is 9.75. The van der Waals surface area contributed by atoms with E-state index in [1.807, 2.05) is 4.68 Å². The number of nitrogens with one attached hydrogen (secondary N) is 1. The minimum absolute atomic E-state index is 0.250. The Morgan fingerprint density at radius 3 is 2.26 bits per heavy atom. The molecule has 1 heterocycles. The van der Waals surface area contributed by atoms with Crippen molar-refractivity contribution in [2.45, 2.75) is 67.0 Å². The minimum atomic E-state index is 0.250. The van der Waals surface area contributed by atoms with Crippen molar-refractivity contribution in [3.63, 3.8) is 0 Å². The topological polar surface area (TPSA) is 29.9 Å². The van der Waals surface area contributed by atoms with Gasteiger partial charge in [-0.15, -0.1) is 0 Å². The van der Waals surface area contributed by atoms with Crippen molar-refractivity contribution >= 4 is 0 Å². The van der Waals surface area contributed by atoms with Crippen LogP contribution in [0.5, 0.6) is 0 Å². The molecule has 3 heteroatoms. The van der Waals surface area contributed by atoms with Crippen molar-refractivity contribution in [1.29, 1.82) is 0 Å². The van der Waals surface area contributed by atoms with Crippen LogP contribution in [0.3, 0.4) is 0 Å². The Morgan fingerprint density at radius 2 is 1.84 bits per heavy atom. The lowest BCUT2D eigenvalue weighted by Crippen LogP contribution is -2.40. The first kappa shape index (κ1) is 16.2. The minimum Gasteiger partial charge on any atom is -0.314 e. The normalized spacial score (nSPS) is 15.5. The Kier molecular flexibility index (Phi) is 5.60. The lowest BCUT2D eigenvalue weighted by molar-refractivity contribution is 0.199. The maximum atomic E-state index is 4.69. The molecular weight excluding hydrogens is 234 g/mol. The zero-order valence-electron chi connectivity index (χ0n) is 13.7. The van der Waals surface area contributed by atoms with E-state index in [4.69, 9.17) is 5.10 Å². The molecular formula is C16H31N3. The molecule has 1 aromatic heterocycles. The molecule has 0 saturated heterocycles. The zero-order chi connectivity index (χ0) is 14.6. The summed E-state index contributed by atoms with van der Waals surface area (Å²) >= 11 is 0. The second-order valence-electron chi connectivity index (χ2n) is 6.90. The lowest BCUT2D eigenvalue weighted by Gasteiger charge is -2.34. The standard InChI is InChI=1S/C16H31N3/c1-12(2)16(7,11-17-13(3)4)10-15-8-9-19(18-15)14(5)6/h8-9,12-14,17H,10-11H2,1-7H3. The van der Waals surface area contributed by atoms with Gasteiger partial charge in [0.05, 0.1) is 5.69 Å². The van der Waals surface area contributed by atoms with Gasteiger partial charge in [-0.3, -0.25) is 4.68 Å². The van der Waals surface area contributed by atoms with E-state index in [1.165, 1.54) is 5.69 Å². The number of aromatic nitrogens is 2. The maximum Gasteiger partial charge on any atom is 0.0630 e. The van der Waals surface area contributed by atoms with E-state index < -0.39 is 0 Å². The predicted octanol–water partition coefficient (Wildman–Crippen LogP) is 3.67. The molecule has 0 fully saturated rings. The van der Waals surface area contributed by atoms with Crippen LogP contribution in [0.2, 0.25) is 0 Å². The van der Waals surface area contributed by atoms with Crippen LogP contribution in [-0.4, -0.2) is 22.4 Å². The molecule has 110 valence electrons. The van der Waals surface area contributed by atoms with Crippen molar-refractivity contribution in [3.8, 4) is 0 Å². The average molecular weight is 265 g/mol. The van der Waals surface area contributed by atoms with Crippen LogP contribution < -0.4 is 5.32 Å².